The molecule has 0 amide bonds. The van der Waals surface area contributed by atoms with Crippen LogP contribution in [0.4, 0.5) is 5.13 Å². The van der Waals surface area contributed by atoms with Gasteiger partial charge in [0.05, 0.1) is 22.6 Å². The number of aliphatic carboxylic acids is 1. The summed E-state index contributed by atoms with van der Waals surface area (Å²) in [6.45, 7) is 2.09. The molecule has 0 radical (unpaired) electrons. The fourth-order valence-corrected chi connectivity index (χ4v) is 5.12. The SMILES string of the molecule is O=C(O)[C@@]12CCC[C@H]1CN(c1ncc(Cn3cc(Br)cn3)s1)C2. The van der Waals surface area contributed by atoms with Gasteiger partial charge in [-0.25, -0.2) is 4.98 Å². The zero-order valence-electron chi connectivity index (χ0n) is 12.5. The quantitative estimate of drug-likeness (QED) is 0.859. The molecule has 1 N–H and O–H groups in total. The van der Waals surface area contributed by atoms with Crippen molar-refractivity contribution in [2.75, 3.05) is 18.0 Å². The van der Waals surface area contributed by atoms with E-state index in [1.165, 1.54) is 0 Å². The van der Waals surface area contributed by atoms with E-state index in [2.05, 4.69) is 30.9 Å². The molecule has 0 unspecified atom stereocenters. The van der Waals surface area contributed by atoms with Crippen molar-refractivity contribution in [3.63, 3.8) is 0 Å². The van der Waals surface area contributed by atoms with Gasteiger partial charge < -0.3 is 10.0 Å². The largest absolute Gasteiger partial charge is 0.481 e. The number of aromatic nitrogens is 3. The van der Waals surface area contributed by atoms with Gasteiger partial charge in [0, 0.05) is 30.4 Å². The molecule has 0 aromatic carbocycles. The second-order valence-corrected chi connectivity index (χ2v) is 8.41. The molecule has 0 spiro atoms. The molecular formula is C15H17BrN4O2S. The number of carbonyl (C=O) groups is 1. The number of rotatable bonds is 4. The predicted octanol–water partition coefficient (Wildman–Crippen LogP) is 2.84. The highest BCUT2D eigenvalue weighted by atomic mass is 79.9. The van der Waals surface area contributed by atoms with Gasteiger partial charge in [-0.3, -0.25) is 9.48 Å². The molecule has 2 aliphatic rings. The van der Waals surface area contributed by atoms with Crippen LogP contribution >= 0.6 is 27.3 Å². The average Bonchev–Trinajstić information content (AvgIpc) is 3.21. The fraction of sp³-hybridized carbons (Fsp3) is 0.533. The fourth-order valence-electron chi connectivity index (χ4n) is 3.89. The van der Waals surface area contributed by atoms with Gasteiger partial charge in [-0.15, -0.1) is 0 Å². The topological polar surface area (TPSA) is 71.2 Å². The number of hydrogen-bond donors (Lipinski definition) is 1. The van der Waals surface area contributed by atoms with Gasteiger partial charge in [0.25, 0.3) is 0 Å². The van der Waals surface area contributed by atoms with E-state index >= 15 is 0 Å². The summed E-state index contributed by atoms with van der Waals surface area (Å²) in [6.07, 6.45) is 8.41. The lowest BCUT2D eigenvalue weighted by Gasteiger charge is -2.23. The van der Waals surface area contributed by atoms with Crippen molar-refractivity contribution in [1.29, 1.82) is 0 Å². The van der Waals surface area contributed by atoms with Crippen molar-refractivity contribution in [3.8, 4) is 0 Å². The minimum Gasteiger partial charge on any atom is -0.481 e. The van der Waals surface area contributed by atoms with Crippen molar-refractivity contribution in [1.82, 2.24) is 14.8 Å². The number of fused-ring (bicyclic) bond motifs is 1. The molecule has 3 heterocycles. The molecule has 2 fully saturated rings. The zero-order chi connectivity index (χ0) is 16.0. The van der Waals surface area contributed by atoms with E-state index in [-0.39, 0.29) is 5.92 Å². The van der Waals surface area contributed by atoms with E-state index in [1.807, 2.05) is 17.1 Å². The lowest BCUT2D eigenvalue weighted by Crippen LogP contribution is -2.35. The van der Waals surface area contributed by atoms with E-state index in [0.717, 1.165) is 40.3 Å². The molecule has 2 atom stereocenters. The van der Waals surface area contributed by atoms with Crippen molar-refractivity contribution in [2.45, 2.75) is 25.8 Å². The van der Waals surface area contributed by atoms with Crippen LogP contribution in [0, 0.1) is 11.3 Å². The van der Waals surface area contributed by atoms with Crippen molar-refractivity contribution in [2.24, 2.45) is 11.3 Å². The van der Waals surface area contributed by atoms with Crippen LogP contribution in [0.25, 0.3) is 0 Å². The van der Waals surface area contributed by atoms with Crippen LogP contribution in [0.15, 0.2) is 23.1 Å². The highest BCUT2D eigenvalue weighted by Gasteiger charge is 2.55. The number of anilines is 1. The molecule has 122 valence electrons. The van der Waals surface area contributed by atoms with E-state index in [4.69, 9.17) is 0 Å². The van der Waals surface area contributed by atoms with Gasteiger partial charge in [0.15, 0.2) is 5.13 Å². The summed E-state index contributed by atoms with van der Waals surface area (Å²) in [5.74, 6) is -0.380. The number of carboxylic acids is 1. The van der Waals surface area contributed by atoms with Crippen LogP contribution in [0.1, 0.15) is 24.1 Å². The predicted molar refractivity (Wildman–Crippen MR) is 90.8 cm³/mol. The van der Waals surface area contributed by atoms with Crippen LogP contribution in [0.2, 0.25) is 0 Å². The Morgan fingerprint density at radius 2 is 2.39 bits per heavy atom. The molecule has 1 saturated heterocycles. The molecule has 2 aromatic rings. The highest BCUT2D eigenvalue weighted by Crippen LogP contribution is 2.50. The van der Waals surface area contributed by atoms with Gasteiger partial charge in [-0.05, 0) is 34.7 Å². The molecule has 6 nitrogen and oxygen atoms in total. The number of halogens is 1. The number of hydrogen-bond acceptors (Lipinski definition) is 5. The van der Waals surface area contributed by atoms with Crippen LogP contribution in [-0.2, 0) is 11.3 Å². The minimum absolute atomic E-state index is 0.259. The first-order valence-corrected chi connectivity index (χ1v) is 9.29. The van der Waals surface area contributed by atoms with Crippen LogP contribution in [0.5, 0.6) is 0 Å². The summed E-state index contributed by atoms with van der Waals surface area (Å²) in [5, 5.41) is 14.9. The summed E-state index contributed by atoms with van der Waals surface area (Å²) < 4.78 is 2.82. The molecule has 1 saturated carbocycles. The molecule has 1 aliphatic carbocycles. The Hall–Kier alpha value is -1.41. The maximum absolute atomic E-state index is 11.8. The number of thiazole rings is 1. The minimum atomic E-state index is -0.638. The number of nitrogens with zero attached hydrogens (tertiary/aromatic N) is 4. The second kappa shape index (κ2) is 5.59. The molecule has 8 heteroatoms. The lowest BCUT2D eigenvalue weighted by atomic mass is 9.81. The second-order valence-electron chi connectivity index (χ2n) is 6.40. The van der Waals surface area contributed by atoms with Gasteiger partial charge in [0.2, 0.25) is 0 Å². The average molecular weight is 397 g/mol. The van der Waals surface area contributed by atoms with E-state index < -0.39 is 11.4 Å². The van der Waals surface area contributed by atoms with E-state index in [1.54, 1.807) is 17.5 Å². The first-order chi connectivity index (χ1) is 11.1. The Kier molecular flexibility index (Phi) is 3.68. The molecule has 4 rings (SSSR count). The molecular weight excluding hydrogens is 380 g/mol. The third kappa shape index (κ3) is 2.57. The summed E-state index contributed by atoms with van der Waals surface area (Å²) in [7, 11) is 0. The maximum Gasteiger partial charge on any atom is 0.311 e. The standard InChI is InChI=1S/C15H17BrN4O2S/c16-11-4-18-20(7-11)8-12-5-17-14(23-12)19-6-10-2-1-3-15(10,9-19)13(21)22/h4-5,7,10H,1-3,6,8-9H2,(H,21,22)/t10-,15+/m0/s1. The summed E-state index contributed by atoms with van der Waals surface area (Å²) in [6, 6.07) is 0. The smallest absolute Gasteiger partial charge is 0.311 e. The Balaban J connectivity index is 1.51. The number of carboxylic acid groups (broad SMARTS) is 1. The Labute approximate surface area is 146 Å². The lowest BCUT2D eigenvalue weighted by molar-refractivity contribution is -0.149. The van der Waals surface area contributed by atoms with Crippen LogP contribution in [0.3, 0.4) is 0 Å². The Morgan fingerprint density at radius 3 is 3.09 bits per heavy atom. The first-order valence-electron chi connectivity index (χ1n) is 7.68. The van der Waals surface area contributed by atoms with Crippen molar-refractivity contribution in [3.05, 3.63) is 27.9 Å². The van der Waals surface area contributed by atoms with Crippen LogP contribution in [-0.4, -0.2) is 38.9 Å². The van der Waals surface area contributed by atoms with Gasteiger partial charge in [0.1, 0.15) is 0 Å². The summed E-state index contributed by atoms with van der Waals surface area (Å²) in [5.41, 5.74) is -0.557. The summed E-state index contributed by atoms with van der Waals surface area (Å²) >= 11 is 5.02. The van der Waals surface area contributed by atoms with Gasteiger partial charge in [-0.2, -0.15) is 5.10 Å². The van der Waals surface area contributed by atoms with Crippen LogP contribution < -0.4 is 4.90 Å². The van der Waals surface area contributed by atoms with E-state index in [9.17, 15) is 9.90 Å². The monoisotopic (exact) mass is 396 g/mol. The zero-order valence-corrected chi connectivity index (χ0v) is 14.9. The van der Waals surface area contributed by atoms with Gasteiger partial charge >= 0.3 is 5.97 Å². The normalized spacial score (nSPS) is 26.7. The Morgan fingerprint density at radius 1 is 1.52 bits per heavy atom. The maximum atomic E-state index is 11.8. The highest BCUT2D eigenvalue weighted by molar-refractivity contribution is 9.10. The van der Waals surface area contributed by atoms with Gasteiger partial charge in [-0.1, -0.05) is 17.8 Å². The molecule has 2 aromatic heterocycles. The van der Waals surface area contributed by atoms with Crippen molar-refractivity contribution >= 4 is 38.4 Å². The Bertz CT molecular complexity index is 745. The first kappa shape index (κ1) is 15.1. The summed E-state index contributed by atoms with van der Waals surface area (Å²) in [4.78, 5) is 19.6. The third-order valence-electron chi connectivity index (χ3n) is 5.03. The van der Waals surface area contributed by atoms with E-state index in [0.29, 0.717) is 13.1 Å². The molecule has 1 aliphatic heterocycles. The molecule has 23 heavy (non-hydrogen) atoms. The van der Waals surface area contributed by atoms with Crippen molar-refractivity contribution < 1.29 is 9.90 Å². The molecule has 0 bridgehead atoms. The third-order valence-corrected chi connectivity index (χ3v) is 6.48.